The third-order valence-corrected chi connectivity index (χ3v) is 7.60. The molecule has 0 amide bonds. The smallest absolute Gasteiger partial charge is 0.264 e. The molecule has 34 heavy (non-hydrogen) atoms. The molecule has 0 aliphatic rings. The van der Waals surface area contributed by atoms with E-state index in [1.54, 1.807) is 23.5 Å². The van der Waals surface area contributed by atoms with Gasteiger partial charge in [-0.05, 0) is 67.3 Å². The maximum absolute atomic E-state index is 14.0. The van der Waals surface area contributed by atoms with Gasteiger partial charge in [0.1, 0.15) is 5.75 Å². The highest BCUT2D eigenvalue weighted by Gasteiger charge is 2.27. The van der Waals surface area contributed by atoms with Gasteiger partial charge < -0.3 is 4.74 Å². The molecule has 4 nitrogen and oxygen atoms in total. The Morgan fingerprint density at radius 1 is 0.882 bits per heavy atom. The minimum absolute atomic E-state index is 0.254. The molecule has 0 atom stereocenters. The van der Waals surface area contributed by atoms with Crippen molar-refractivity contribution in [3.05, 3.63) is 102 Å². The molecule has 3 aromatic rings. The van der Waals surface area contributed by atoms with Crippen LogP contribution >= 0.6 is 0 Å². The van der Waals surface area contributed by atoms with E-state index in [9.17, 15) is 8.42 Å². The molecule has 3 rings (SSSR count). The largest absolute Gasteiger partial charge is 0.497 e. The summed E-state index contributed by atoms with van der Waals surface area (Å²) in [6, 6.07) is 24.4. The highest BCUT2D eigenvalue weighted by atomic mass is 32.2. The Balaban J connectivity index is 2.08. The fourth-order valence-corrected chi connectivity index (χ4v) is 5.31. The second-order valence-corrected chi connectivity index (χ2v) is 10.3. The average Bonchev–Trinajstić information content (AvgIpc) is 2.86. The Morgan fingerprint density at radius 2 is 1.56 bits per heavy atom. The molecular formula is C29H35NO3S. The number of aryl methyl sites for hydroxylation is 1. The number of nitrogens with zero attached hydrogens (tertiary/aromatic N) is 1. The Labute approximate surface area is 205 Å². The van der Waals surface area contributed by atoms with Crippen LogP contribution in [0.4, 0.5) is 0 Å². The zero-order valence-electron chi connectivity index (χ0n) is 20.4. The summed E-state index contributed by atoms with van der Waals surface area (Å²) < 4.78 is 34.8. The molecular weight excluding hydrogens is 442 g/mol. The maximum atomic E-state index is 14.0. The van der Waals surface area contributed by atoms with Crippen molar-refractivity contribution in [3.8, 4) is 5.75 Å². The van der Waals surface area contributed by atoms with Gasteiger partial charge >= 0.3 is 0 Å². The summed E-state index contributed by atoms with van der Waals surface area (Å²) in [5, 5.41) is 0. The summed E-state index contributed by atoms with van der Waals surface area (Å²) in [7, 11) is -2.16. The maximum Gasteiger partial charge on any atom is 0.264 e. The first-order valence-electron chi connectivity index (χ1n) is 11.9. The van der Waals surface area contributed by atoms with Crippen LogP contribution in [0.15, 0.2) is 89.8 Å². The number of methoxy groups -OCH3 is 1. The molecule has 0 fully saturated rings. The summed E-state index contributed by atoms with van der Waals surface area (Å²) in [6.07, 6.45) is 7.39. The minimum atomic E-state index is -3.79. The standard InChI is InChI=1S/C29H35NO3S/c1-4-5-6-7-11-14-29(26-17-19-27(33-3)20-18-26)30(23-25-12-9-8-10-13-25)34(31,32)28-21-15-24(2)16-22-28/h8-10,12-22H,4-7,11,23H2,1-3H3/b29-14-. The van der Waals surface area contributed by atoms with Crippen molar-refractivity contribution in [2.24, 2.45) is 0 Å². The van der Waals surface area contributed by atoms with Gasteiger partial charge in [0.25, 0.3) is 10.0 Å². The van der Waals surface area contributed by atoms with Crippen molar-refractivity contribution < 1.29 is 13.2 Å². The normalized spacial score (nSPS) is 11.9. The topological polar surface area (TPSA) is 46.6 Å². The van der Waals surface area contributed by atoms with Gasteiger partial charge in [0.05, 0.1) is 24.2 Å². The van der Waals surface area contributed by atoms with Gasteiger partial charge in [-0.15, -0.1) is 0 Å². The molecule has 0 unspecified atom stereocenters. The predicted molar refractivity (Wildman–Crippen MR) is 140 cm³/mol. The SMILES string of the molecule is CCCCCC/C=C(/c1ccc(OC)cc1)N(Cc1ccccc1)S(=O)(=O)c1ccc(C)cc1. The fraction of sp³-hybridized carbons (Fsp3) is 0.310. The number of benzene rings is 3. The molecule has 0 bridgehead atoms. The van der Waals surface area contributed by atoms with Gasteiger partial charge in [-0.2, -0.15) is 0 Å². The van der Waals surface area contributed by atoms with Crippen molar-refractivity contribution >= 4 is 15.7 Å². The van der Waals surface area contributed by atoms with E-state index in [4.69, 9.17) is 4.74 Å². The minimum Gasteiger partial charge on any atom is -0.497 e. The second-order valence-electron chi connectivity index (χ2n) is 8.48. The van der Waals surface area contributed by atoms with E-state index in [1.165, 1.54) is 6.42 Å². The summed E-state index contributed by atoms with van der Waals surface area (Å²) in [6.45, 7) is 4.40. The highest BCUT2D eigenvalue weighted by Crippen LogP contribution is 2.31. The van der Waals surface area contributed by atoms with Crippen LogP contribution in [0.25, 0.3) is 5.70 Å². The highest BCUT2D eigenvalue weighted by molar-refractivity contribution is 7.89. The Bertz CT molecular complexity index is 1150. The van der Waals surface area contributed by atoms with Gasteiger partial charge in [-0.1, -0.05) is 80.3 Å². The molecule has 0 radical (unpaired) electrons. The van der Waals surface area contributed by atoms with Gasteiger partial charge in [0.2, 0.25) is 0 Å². The molecule has 180 valence electrons. The first kappa shape index (κ1) is 25.6. The third-order valence-electron chi connectivity index (χ3n) is 5.83. The van der Waals surface area contributed by atoms with Crippen LogP contribution in [0, 0.1) is 6.92 Å². The first-order chi connectivity index (χ1) is 16.5. The zero-order chi connectivity index (χ0) is 24.4. The van der Waals surface area contributed by atoms with E-state index in [1.807, 2.05) is 73.7 Å². The van der Waals surface area contributed by atoms with Gasteiger partial charge in [-0.25, -0.2) is 8.42 Å². The monoisotopic (exact) mass is 477 g/mol. The Morgan fingerprint density at radius 3 is 2.18 bits per heavy atom. The molecule has 0 heterocycles. The van der Waals surface area contributed by atoms with Gasteiger partial charge in [0.15, 0.2) is 0 Å². The van der Waals surface area contributed by atoms with Crippen molar-refractivity contribution in [2.75, 3.05) is 7.11 Å². The quantitative estimate of drug-likeness (QED) is 0.259. The summed E-state index contributed by atoms with van der Waals surface area (Å²) in [4.78, 5) is 0.291. The number of rotatable bonds is 12. The number of hydrogen-bond donors (Lipinski definition) is 0. The van der Waals surface area contributed by atoms with Crippen molar-refractivity contribution in [3.63, 3.8) is 0 Å². The first-order valence-corrected chi connectivity index (χ1v) is 13.4. The van der Waals surface area contributed by atoms with Crippen LogP contribution in [0.2, 0.25) is 0 Å². The van der Waals surface area contributed by atoms with Crippen LogP contribution in [0.1, 0.15) is 55.7 Å². The van der Waals surface area contributed by atoms with E-state index in [2.05, 4.69) is 13.0 Å². The van der Waals surface area contributed by atoms with Crippen LogP contribution in [0.5, 0.6) is 5.75 Å². The fourth-order valence-electron chi connectivity index (χ4n) is 3.82. The van der Waals surface area contributed by atoms with Crippen molar-refractivity contribution in [2.45, 2.75) is 57.4 Å². The average molecular weight is 478 g/mol. The third kappa shape index (κ3) is 6.73. The van der Waals surface area contributed by atoms with E-state index < -0.39 is 10.0 Å². The molecule has 5 heteroatoms. The summed E-state index contributed by atoms with van der Waals surface area (Å²) in [5.74, 6) is 0.738. The van der Waals surface area contributed by atoms with E-state index in [0.717, 1.165) is 48.1 Å². The zero-order valence-corrected chi connectivity index (χ0v) is 21.2. The van der Waals surface area contributed by atoms with E-state index in [-0.39, 0.29) is 6.54 Å². The second kappa shape index (κ2) is 12.4. The van der Waals surface area contributed by atoms with Crippen LogP contribution < -0.4 is 4.74 Å². The van der Waals surface area contributed by atoms with E-state index >= 15 is 0 Å². The number of allylic oxidation sites excluding steroid dienone is 1. The molecule has 0 spiro atoms. The van der Waals surface area contributed by atoms with Crippen molar-refractivity contribution in [1.82, 2.24) is 4.31 Å². The molecule has 0 aliphatic carbocycles. The summed E-state index contributed by atoms with van der Waals surface area (Å²) >= 11 is 0. The van der Waals surface area contributed by atoms with Crippen LogP contribution in [0.3, 0.4) is 0 Å². The van der Waals surface area contributed by atoms with E-state index in [0.29, 0.717) is 10.6 Å². The summed E-state index contributed by atoms with van der Waals surface area (Å²) in [5.41, 5.74) is 3.51. The Kier molecular flexibility index (Phi) is 9.34. The Hall–Kier alpha value is -3.05. The lowest BCUT2D eigenvalue weighted by atomic mass is 10.1. The van der Waals surface area contributed by atoms with Gasteiger partial charge in [0, 0.05) is 0 Å². The van der Waals surface area contributed by atoms with Crippen molar-refractivity contribution in [1.29, 1.82) is 0 Å². The van der Waals surface area contributed by atoms with Gasteiger partial charge in [-0.3, -0.25) is 4.31 Å². The molecule has 3 aromatic carbocycles. The number of hydrogen-bond acceptors (Lipinski definition) is 3. The lowest BCUT2D eigenvalue weighted by Crippen LogP contribution is -2.29. The lowest BCUT2D eigenvalue weighted by molar-refractivity contribution is 0.414. The van der Waals surface area contributed by atoms with Crippen LogP contribution in [-0.4, -0.2) is 19.8 Å². The predicted octanol–water partition coefficient (Wildman–Crippen LogP) is 7.21. The molecule has 0 aliphatic heterocycles. The molecule has 0 saturated heterocycles. The number of sulfonamides is 1. The number of ether oxygens (including phenoxy) is 1. The lowest BCUT2D eigenvalue weighted by Gasteiger charge is -2.28. The number of unbranched alkanes of at least 4 members (excludes halogenated alkanes) is 4. The van der Waals surface area contributed by atoms with Crippen LogP contribution in [-0.2, 0) is 16.6 Å². The molecule has 0 aromatic heterocycles. The molecule has 0 N–H and O–H groups in total. The molecule has 0 saturated carbocycles.